The summed E-state index contributed by atoms with van der Waals surface area (Å²) in [5.41, 5.74) is 0. The fourth-order valence-electron chi connectivity index (χ4n) is 4.92. The van der Waals surface area contributed by atoms with E-state index in [-0.39, 0.29) is 5.91 Å². The molecule has 3 rings (SSSR count). The van der Waals surface area contributed by atoms with Crippen LogP contribution in [0.15, 0.2) is 0 Å². The molecular weight excluding hydrogens is 276 g/mol. The molecule has 2 aliphatic carbocycles. The second kappa shape index (κ2) is 7.31. The number of nitrogens with zero attached hydrogens (tertiary/aromatic N) is 1. The van der Waals surface area contributed by atoms with Gasteiger partial charge in [0.25, 0.3) is 0 Å². The van der Waals surface area contributed by atoms with Crippen LogP contribution in [0.25, 0.3) is 0 Å². The third-order valence-electron chi connectivity index (χ3n) is 6.03. The van der Waals surface area contributed by atoms with Crippen LogP contribution in [0.3, 0.4) is 0 Å². The topological polar surface area (TPSA) is 41.6 Å². The number of likely N-dealkylation sites (N-methyl/N-ethyl adjacent to an activating group) is 1. The molecule has 5 atom stereocenters. The van der Waals surface area contributed by atoms with Crippen molar-refractivity contribution in [2.24, 2.45) is 17.8 Å². The third-order valence-corrected chi connectivity index (χ3v) is 6.03. The summed E-state index contributed by atoms with van der Waals surface area (Å²) in [7, 11) is 2.03. The number of carbonyl (C=O) groups is 1. The molecule has 0 radical (unpaired) electrons. The van der Waals surface area contributed by atoms with Gasteiger partial charge in [-0.15, -0.1) is 0 Å². The van der Waals surface area contributed by atoms with Gasteiger partial charge in [-0.1, -0.05) is 6.42 Å². The van der Waals surface area contributed by atoms with Crippen LogP contribution in [0, 0.1) is 17.8 Å². The average Bonchev–Trinajstić information content (AvgIpc) is 3.10. The quantitative estimate of drug-likeness (QED) is 0.819. The summed E-state index contributed by atoms with van der Waals surface area (Å²) >= 11 is 0. The van der Waals surface area contributed by atoms with Gasteiger partial charge in [0, 0.05) is 19.2 Å². The van der Waals surface area contributed by atoms with E-state index in [0.29, 0.717) is 18.7 Å². The molecule has 0 aromatic carbocycles. The Bertz CT molecular complexity index is 381. The van der Waals surface area contributed by atoms with Crippen LogP contribution in [-0.4, -0.2) is 49.7 Å². The van der Waals surface area contributed by atoms with Crippen molar-refractivity contribution in [3.63, 3.8) is 0 Å². The molecule has 2 bridgehead atoms. The van der Waals surface area contributed by atoms with Crippen LogP contribution in [-0.2, 0) is 9.53 Å². The summed E-state index contributed by atoms with van der Waals surface area (Å²) < 4.78 is 5.75. The molecule has 22 heavy (non-hydrogen) atoms. The van der Waals surface area contributed by atoms with Crippen LogP contribution in [0.5, 0.6) is 0 Å². The fourth-order valence-corrected chi connectivity index (χ4v) is 4.92. The number of amides is 1. The van der Waals surface area contributed by atoms with E-state index in [4.69, 9.17) is 4.74 Å². The molecule has 2 saturated carbocycles. The molecule has 1 aliphatic heterocycles. The number of rotatable bonds is 6. The van der Waals surface area contributed by atoms with Gasteiger partial charge in [0.15, 0.2) is 0 Å². The Morgan fingerprint density at radius 2 is 2.14 bits per heavy atom. The van der Waals surface area contributed by atoms with Gasteiger partial charge in [0.05, 0.1) is 12.6 Å². The van der Waals surface area contributed by atoms with Crippen molar-refractivity contribution in [3.8, 4) is 0 Å². The van der Waals surface area contributed by atoms with Crippen molar-refractivity contribution >= 4 is 5.91 Å². The lowest BCUT2D eigenvalue weighted by molar-refractivity contribution is -0.123. The SMILES string of the molecule is CC(NC(=O)CN(C)CC1CCCCO1)C1CC2CCC1C2. The molecule has 0 aromatic rings. The summed E-state index contributed by atoms with van der Waals surface area (Å²) in [5.74, 6) is 2.71. The van der Waals surface area contributed by atoms with Gasteiger partial charge >= 0.3 is 0 Å². The zero-order chi connectivity index (χ0) is 15.5. The molecule has 1 amide bonds. The summed E-state index contributed by atoms with van der Waals surface area (Å²) in [6.45, 7) is 4.44. The molecule has 4 nitrogen and oxygen atoms in total. The zero-order valence-corrected chi connectivity index (χ0v) is 14.2. The molecule has 4 heteroatoms. The lowest BCUT2D eigenvalue weighted by atomic mass is 9.84. The van der Waals surface area contributed by atoms with Gasteiger partial charge in [-0.25, -0.2) is 0 Å². The maximum atomic E-state index is 12.3. The van der Waals surface area contributed by atoms with Gasteiger partial charge in [-0.05, 0) is 70.3 Å². The number of fused-ring (bicyclic) bond motifs is 2. The standard InChI is InChI=1S/C18H32N2O2/c1-13(17-10-14-6-7-15(17)9-14)19-18(21)12-20(2)11-16-5-3-4-8-22-16/h13-17H,3-12H2,1-2H3,(H,19,21). The van der Waals surface area contributed by atoms with E-state index in [0.717, 1.165) is 37.3 Å². The van der Waals surface area contributed by atoms with Gasteiger partial charge in [-0.2, -0.15) is 0 Å². The Morgan fingerprint density at radius 3 is 2.77 bits per heavy atom. The van der Waals surface area contributed by atoms with Gasteiger partial charge in [0.2, 0.25) is 5.91 Å². The smallest absolute Gasteiger partial charge is 0.234 e. The average molecular weight is 308 g/mol. The predicted molar refractivity (Wildman–Crippen MR) is 87.6 cm³/mol. The highest BCUT2D eigenvalue weighted by Crippen LogP contribution is 2.49. The first kappa shape index (κ1) is 16.3. The minimum Gasteiger partial charge on any atom is -0.377 e. The molecule has 1 heterocycles. The van der Waals surface area contributed by atoms with E-state index in [9.17, 15) is 4.79 Å². The van der Waals surface area contributed by atoms with E-state index in [1.165, 1.54) is 38.5 Å². The van der Waals surface area contributed by atoms with Crippen LogP contribution < -0.4 is 5.32 Å². The highest BCUT2D eigenvalue weighted by atomic mass is 16.5. The highest BCUT2D eigenvalue weighted by molar-refractivity contribution is 5.78. The second-order valence-electron chi connectivity index (χ2n) is 7.88. The molecule has 3 fully saturated rings. The molecule has 1 saturated heterocycles. The minimum absolute atomic E-state index is 0.175. The monoisotopic (exact) mass is 308 g/mol. The number of ether oxygens (including phenoxy) is 1. The zero-order valence-electron chi connectivity index (χ0n) is 14.2. The van der Waals surface area contributed by atoms with E-state index in [1.54, 1.807) is 0 Å². The van der Waals surface area contributed by atoms with E-state index >= 15 is 0 Å². The van der Waals surface area contributed by atoms with E-state index < -0.39 is 0 Å². The van der Waals surface area contributed by atoms with Crippen molar-refractivity contribution in [2.75, 3.05) is 26.7 Å². The maximum absolute atomic E-state index is 12.3. The Labute approximate surface area is 135 Å². The first-order valence-electron chi connectivity index (χ1n) is 9.21. The number of nitrogens with one attached hydrogen (secondary N) is 1. The molecule has 1 N–H and O–H groups in total. The molecule has 3 aliphatic rings. The summed E-state index contributed by atoms with van der Waals surface area (Å²) in [6.07, 6.45) is 9.43. The van der Waals surface area contributed by atoms with Crippen molar-refractivity contribution in [3.05, 3.63) is 0 Å². The van der Waals surface area contributed by atoms with Crippen LogP contribution in [0.2, 0.25) is 0 Å². The van der Waals surface area contributed by atoms with Gasteiger partial charge < -0.3 is 10.1 Å². The van der Waals surface area contributed by atoms with Gasteiger partial charge in [0.1, 0.15) is 0 Å². The molecular formula is C18H32N2O2. The fraction of sp³-hybridized carbons (Fsp3) is 0.944. The Balaban J connectivity index is 1.38. The summed E-state index contributed by atoms with van der Waals surface area (Å²) in [4.78, 5) is 14.4. The van der Waals surface area contributed by atoms with Crippen molar-refractivity contribution in [1.82, 2.24) is 10.2 Å². The van der Waals surface area contributed by atoms with Crippen LogP contribution >= 0.6 is 0 Å². The second-order valence-corrected chi connectivity index (χ2v) is 7.88. The van der Waals surface area contributed by atoms with Crippen LogP contribution in [0.4, 0.5) is 0 Å². The number of hydrogen-bond acceptors (Lipinski definition) is 3. The highest BCUT2D eigenvalue weighted by Gasteiger charge is 2.42. The Morgan fingerprint density at radius 1 is 1.27 bits per heavy atom. The summed E-state index contributed by atoms with van der Waals surface area (Å²) in [5, 5.41) is 3.25. The predicted octanol–water partition coefficient (Wildman–Crippen LogP) is 2.43. The minimum atomic E-state index is 0.175. The van der Waals surface area contributed by atoms with E-state index in [1.807, 2.05) is 7.05 Å². The first-order chi connectivity index (χ1) is 10.6. The first-order valence-corrected chi connectivity index (χ1v) is 9.21. The van der Waals surface area contributed by atoms with E-state index in [2.05, 4.69) is 17.1 Å². The van der Waals surface area contributed by atoms with Crippen LogP contribution in [0.1, 0.15) is 51.9 Å². The molecule has 126 valence electrons. The van der Waals surface area contributed by atoms with Crippen molar-refractivity contribution in [2.45, 2.75) is 64.0 Å². The Hall–Kier alpha value is -0.610. The van der Waals surface area contributed by atoms with Gasteiger partial charge in [-0.3, -0.25) is 9.69 Å². The normalized spacial score (nSPS) is 35.8. The summed E-state index contributed by atoms with van der Waals surface area (Å²) in [6, 6.07) is 0.335. The maximum Gasteiger partial charge on any atom is 0.234 e. The third kappa shape index (κ3) is 4.02. The molecule has 0 spiro atoms. The Kier molecular flexibility index (Phi) is 5.40. The largest absolute Gasteiger partial charge is 0.377 e. The number of carbonyl (C=O) groups excluding carboxylic acids is 1. The van der Waals surface area contributed by atoms with Crippen molar-refractivity contribution in [1.29, 1.82) is 0 Å². The number of hydrogen-bond donors (Lipinski definition) is 1. The van der Waals surface area contributed by atoms with Crippen molar-refractivity contribution < 1.29 is 9.53 Å². The molecule has 5 unspecified atom stereocenters. The lowest BCUT2D eigenvalue weighted by Gasteiger charge is -2.30. The molecule has 0 aromatic heterocycles. The lowest BCUT2D eigenvalue weighted by Crippen LogP contribution is -2.45.